The van der Waals surface area contributed by atoms with Gasteiger partial charge in [-0.05, 0) is 53.5 Å². The third-order valence-electron chi connectivity index (χ3n) is 19.5. The van der Waals surface area contributed by atoms with E-state index in [9.17, 15) is 99.9 Å². The predicted molar refractivity (Wildman–Crippen MR) is 411 cm³/mol. The van der Waals surface area contributed by atoms with Crippen molar-refractivity contribution in [2.45, 2.75) is 225 Å². The quantitative estimate of drug-likeness (QED) is 0.0144. The van der Waals surface area contributed by atoms with E-state index in [0.717, 1.165) is 49.0 Å². The number of hydrogen-bond acceptors (Lipinski definition) is 42. The summed E-state index contributed by atoms with van der Waals surface area (Å²) in [5.41, 5.74) is 39.5. The molecule has 7 rings (SSSR count). The van der Waals surface area contributed by atoms with Crippen molar-refractivity contribution < 1.29 is 143 Å². The van der Waals surface area contributed by atoms with Crippen LogP contribution in [0.5, 0.6) is 0 Å². The number of nitrogens with two attached hydrogens (primary N) is 7. The Kier molecular flexibility index (Phi) is 38.3. The number of aliphatic hydroxyl groups excluding tert-OH is 13. The van der Waals surface area contributed by atoms with Gasteiger partial charge in [-0.15, -0.1) is 22.7 Å². The number of nitrogen functional groups attached to an aromatic ring is 1. The molecule has 9 amide bonds. The lowest BCUT2D eigenvalue weighted by atomic mass is 9.97. The predicted octanol–water partition coefficient (Wildman–Crippen LogP) is -12.3. The number of aromatic nitrogens is 6. The van der Waals surface area contributed by atoms with E-state index in [2.05, 4.69) is 67.1 Å². The molecule has 0 bridgehead atoms. The molecule has 0 radical (unpaired) electrons. The Morgan fingerprint density at radius 2 is 1.35 bits per heavy atom. The molecule has 3 saturated heterocycles. The fraction of sp³-hybridized carbons (Fsp3) is 0.676. The number of carbonyl (C=O) groups excluding carboxylic acids is 9. The van der Waals surface area contributed by atoms with E-state index >= 15 is 9.59 Å². The van der Waals surface area contributed by atoms with Crippen LogP contribution in [-0.4, -0.2) is 361 Å². The fourth-order valence-electron chi connectivity index (χ4n) is 12.5. The smallest absolute Gasteiger partial charge is 0.404 e. The second kappa shape index (κ2) is 46.6. The van der Waals surface area contributed by atoms with Gasteiger partial charge in [0.15, 0.2) is 37.3 Å². The molecule has 0 saturated carbocycles. The molecule has 7 heterocycles. The van der Waals surface area contributed by atoms with E-state index in [1.165, 1.54) is 24.6 Å². The van der Waals surface area contributed by atoms with Crippen LogP contribution >= 0.6 is 22.7 Å². The van der Waals surface area contributed by atoms with Gasteiger partial charge in [0.05, 0.1) is 93.5 Å². The Morgan fingerprint density at radius 1 is 0.683 bits per heavy atom. The van der Waals surface area contributed by atoms with E-state index in [0.29, 0.717) is 45.4 Å². The highest BCUT2D eigenvalue weighted by Crippen LogP contribution is 2.36. The summed E-state index contributed by atoms with van der Waals surface area (Å²) in [6, 6.07) is -10.3. The lowest BCUT2D eigenvalue weighted by Crippen LogP contribution is -2.65. The number of thiazole rings is 2. The highest BCUT2D eigenvalue weighted by Gasteiger charge is 2.54. The molecule has 26 atom stereocenters. The highest BCUT2D eigenvalue weighted by atomic mass is 32.1. The van der Waals surface area contributed by atoms with E-state index < -0.39 is 256 Å². The number of H-pyrrole nitrogens is 1. The minimum Gasteiger partial charge on any atom is -0.441 e. The van der Waals surface area contributed by atoms with Crippen LogP contribution in [0.3, 0.4) is 0 Å². The number of rotatable bonds is 47. The molecule has 35 N–H and O–H groups in total. The number of hydrogen-bond donors (Lipinski definition) is 28. The number of amides is 9. The van der Waals surface area contributed by atoms with Crippen molar-refractivity contribution in [3.05, 3.63) is 56.8 Å². The molecule has 0 aliphatic carbocycles. The Labute approximate surface area is 692 Å². The third kappa shape index (κ3) is 27.2. The number of carbonyl (C=O) groups is 9. The monoisotopic (exact) mass is 1750 g/mol. The van der Waals surface area contributed by atoms with Crippen LogP contribution in [0.1, 0.15) is 121 Å². The zero-order chi connectivity index (χ0) is 88.7. The van der Waals surface area contributed by atoms with Gasteiger partial charge in [0.25, 0.3) is 11.8 Å². The Hall–Kier alpha value is -8.58. The summed E-state index contributed by atoms with van der Waals surface area (Å²) < 4.78 is 40.4. The van der Waals surface area contributed by atoms with Crippen molar-refractivity contribution in [2.75, 3.05) is 71.4 Å². The van der Waals surface area contributed by atoms with Crippen molar-refractivity contribution in [3.63, 3.8) is 0 Å². The molecular weight excluding hydrogens is 1640 g/mol. The first-order valence-corrected chi connectivity index (χ1v) is 39.6. The van der Waals surface area contributed by atoms with Gasteiger partial charge in [-0.1, -0.05) is 0 Å². The van der Waals surface area contributed by atoms with Gasteiger partial charge in [-0.25, -0.2) is 29.7 Å². The topological polar surface area (TPSA) is 831 Å². The molecule has 50 nitrogen and oxygen atoms in total. The van der Waals surface area contributed by atoms with Gasteiger partial charge < -0.3 is 182 Å². The lowest BCUT2D eigenvalue weighted by molar-refractivity contribution is -0.372. The van der Waals surface area contributed by atoms with Crippen LogP contribution in [0.15, 0.2) is 23.3 Å². The third-order valence-corrected chi connectivity index (χ3v) is 21.2. The lowest BCUT2D eigenvalue weighted by Gasteiger charge is -2.47. The maximum absolute atomic E-state index is 15.3. The zero-order valence-corrected chi connectivity index (χ0v) is 67.2. The maximum atomic E-state index is 15.3. The van der Waals surface area contributed by atoms with Gasteiger partial charge in [-0.2, -0.15) is 0 Å². The molecule has 0 aromatic carbocycles. The summed E-state index contributed by atoms with van der Waals surface area (Å²) in [5, 5.41) is 162. The molecule has 120 heavy (non-hydrogen) atoms. The molecule has 0 spiro atoms. The molecule has 4 aromatic heterocycles. The Morgan fingerprint density at radius 3 is 1.98 bits per heavy atom. The van der Waals surface area contributed by atoms with Crippen LogP contribution < -0.4 is 77.4 Å². The average molecular weight is 1750 g/mol. The Balaban J connectivity index is 1.11. The van der Waals surface area contributed by atoms with Crippen LogP contribution in [0.4, 0.5) is 10.6 Å². The number of nitrogens with one attached hydrogen (secondary N) is 8. The van der Waals surface area contributed by atoms with Gasteiger partial charge in [0, 0.05) is 67.9 Å². The number of aliphatic hydroxyl groups is 13. The van der Waals surface area contributed by atoms with Gasteiger partial charge >= 0.3 is 6.09 Å². The minimum absolute atomic E-state index is 0.0111. The average Bonchev–Trinajstić information content (AvgIpc) is 0.911. The summed E-state index contributed by atoms with van der Waals surface area (Å²) in [4.78, 5) is 147. The standard InChI is InChI=1S/C68H109N21O29S2/c1-25-42(85-57(87-55(25)73)31(16-38(71)96)79-18-30(70)56(74)106)59(108)86-44(52(32-19-76-24-80-32)115-67-54(48(102)45(99)36(20-92)114-67)116-66-50(104)53(117-68(75)111)46(100)37(21-93)113-66)61(110)81-26(2)35(95)17-40(98)84-43(27(3)94)60(109)88-62(118-65-49(103)47(101)41(72)28(4)112-65)51(105)64-83-34(23-120-64)63-82-33(22-119-63)58(107)78-8-5-7-29(69)15-39(97)77-9-6-10-89(11-13-90)12-14-91/h19,22-24,26-31,35-37,41,43-54,62,65-67,79,90-95,99-105H,5-18,20-21,69-70,72H2,1-4H3,(H2,71,96)(H2,74,106)(H2,75,111)(H,76,80)(H,77,97)(H,78,107)(H,81,110)(H,84,98)(H,86,108)(H,88,109)(H2,73,85,87)/t26-,27-,28?,29?,30+,31+,35+,36?,37?,41?,43+,44+,45?,46?,47?,48?,49?,50?,51?,52+,53?,54?,62?,65?,66?,67?/m1/s1. The second-order valence-electron chi connectivity index (χ2n) is 28.6. The number of imidazole rings is 1. The SMILES string of the molecule is Cc1c(N)nc([C@H](CC(N)=O)NC[C@H](N)C(N)=O)nc1C(=O)N[C@H](C(=O)N[C@H](C)[C@@H](O)CC(=O)N[C@H](C(=O)NC(OC1OC(C)C(N)C(O)C1O)C(O)c1nc(-c2nc(C(=O)NCCCC(N)CC(=O)NCCCN(CCO)CCO)cs2)cs1)[C@@H](C)O)[C@@H](OC1OC(CO)C(O)C(O)C1OC1OC(CO)C(O)C(OC(N)=O)C1O)c1cnc[nH]1. The van der Waals surface area contributed by atoms with E-state index in [-0.39, 0.29) is 64.7 Å². The van der Waals surface area contributed by atoms with Crippen molar-refractivity contribution in [3.8, 4) is 10.7 Å². The molecule has 3 fully saturated rings. The largest absolute Gasteiger partial charge is 0.441 e. The van der Waals surface area contributed by atoms with Crippen LogP contribution in [-0.2, 0) is 61.9 Å². The number of aromatic amines is 1. The first-order chi connectivity index (χ1) is 56.8. The van der Waals surface area contributed by atoms with Gasteiger partial charge in [0.2, 0.25) is 35.4 Å². The molecule has 52 heteroatoms. The fourth-order valence-corrected chi connectivity index (χ4v) is 14.2. The molecule has 18 unspecified atom stereocenters. The molecular formula is C68H109N21O29S2. The molecule has 4 aromatic rings. The summed E-state index contributed by atoms with van der Waals surface area (Å²) in [5.74, 6) is -8.77. The second-order valence-corrected chi connectivity index (χ2v) is 30.4. The maximum Gasteiger partial charge on any atom is 0.404 e. The van der Waals surface area contributed by atoms with E-state index in [4.69, 9.17) is 73.3 Å². The van der Waals surface area contributed by atoms with Crippen LogP contribution in [0.25, 0.3) is 10.7 Å². The van der Waals surface area contributed by atoms with Crippen molar-refractivity contribution in [1.82, 2.24) is 72.0 Å². The summed E-state index contributed by atoms with van der Waals surface area (Å²) in [6.07, 6.45) is -36.8. The van der Waals surface area contributed by atoms with E-state index in [1.54, 1.807) is 0 Å². The van der Waals surface area contributed by atoms with Gasteiger partial charge in [-0.3, -0.25) is 43.3 Å². The summed E-state index contributed by atoms with van der Waals surface area (Å²) >= 11 is 1.81. The molecule has 3 aliphatic heterocycles. The minimum atomic E-state index is -2.28. The normalized spacial score (nSPS) is 26.0. The number of primary amides is 3. The number of anilines is 1. The van der Waals surface area contributed by atoms with Crippen molar-refractivity contribution >= 4 is 81.8 Å². The highest BCUT2D eigenvalue weighted by molar-refractivity contribution is 7.14. The summed E-state index contributed by atoms with van der Waals surface area (Å²) in [6.45, 7) is 4.12. The number of nitrogens with zero attached hydrogens (tertiary/aromatic N) is 6. The van der Waals surface area contributed by atoms with Gasteiger partial charge in [0.1, 0.15) is 112 Å². The number of ether oxygens (including phenoxy) is 7. The molecule has 672 valence electrons. The van der Waals surface area contributed by atoms with E-state index in [1.807, 2.05) is 4.90 Å². The van der Waals surface area contributed by atoms with Crippen molar-refractivity contribution in [2.24, 2.45) is 34.4 Å². The Bertz CT molecular complexity index is 3990. The first kappa shape index (κ1) is 98.5. The van der Waals surface area contributed by atoms with Crippen LogP contribution in [0.2, 0.25) is 0 Å². The summed E-state index contributed by atoms with van der Waals surface area (Å²) in [7, 11) is 0. The van der Waals surface area contributed by atoms with Crippen molar-refractivity contribution in [1.29, 1.82) is 0 Å². The zero-order valence-electron chi connectivity index (χ0n) is 65.5. The molecule has 3 aliphatic rings. The first-order valence-electron chi connectivity index (χ1n) is 37.9. The van der Waals surface area contributed by atoms with Crippen LogP contribution in [0, 0.1) is 6.92 Å².